The largest absolute Gasteiger partial charge is 0.367 e. The van der Waals surface area contributed by atoms with Gasteiger partial charge in [-0.3, -0.25) is 4.98 Å². The van der Waals surface area contributed by atoms with Crippen molar-refractivity contribution in [2.45, 2.75) is 32.9 Å². The van der Waals surface area contributed by atoms with E-state index in [1.807, 2.05) is 6.20 Å². The summed E-state index contributed by atoms with van der Waals surface area (Å²) in [4.78, 5) is 9.44. The van der Waals surface area contributed by atoms with Gasteiger partial charge in [0.25, 0.3) is 0 Å². The molecule has 0 saturated carbocycles. The SMILES string of the molecule is CCNC(C)c1ccc(N2CCN(C)C(C)C2)cn1. The highest BCUT2D eigenvalue weighted by Gasteiger charge is 2.21. The van der Waals surface area contributed by atoms with Crippen LogP contribution in [0.3, 0.4) is 0 Å². The van der Waals surface area contributed by atoms with Gasteiger partial charge in [-0.05, 0) is 39.6 Å². The second-order valence-electron chi connectivity index (χ2n) is 5.50. The molecule has 2 unspecified atom stereocenters. The standard InChI is InChI=1S/C15H26N4/c1-5-16-13(3)15-7-6-14(10-17-15)19-9-8-18(4)12(2)11-19/h6-7,10,12-13,16H,5,8-9,11H2,1-4H3. The second kappa shape index (κ2) is 6.35. The molecule has 1 saturated heterocycles. The van der Waals surface area contributed by atoms with Crippen LogP contribution in [0.15, 0.2) is 18.3 Å². The molecule has 1 aromatic rings. The van der Waals surface area contributed by atoms with E-state index in [4.69, 9.17) is 0 Å². The van der Waals surface area contributed by atoms with Crippen LogP contribution in [0.25, 0.3) is 0 Å². The first-order chi connectivity index (χ1) is 9.11. The molecule has 1 aliphatic rings. The van der Waals surface area contributed by atoms with Gasteiger partial charge >= 0.3 is 0 Å². The molecule has 4 nitrogen and oxygen atoms in total. The van der Waals surface area contributed by atoms with Crippen molar-refractivity contribution in [2.75, 3.05) is 38.1 Å². The molecule has 0 bridgehead atoms. The highest BCUT2D eigenvalue weighted by atomic mass is 15.3. The summed E-state index contributed by atoms with van der Waals surface area (Å²) in [6.45, 7) is 10.8. The highest BCUT2D eigenvalue weighted by molar-refractivity contribution is 5.45. The van der Waals surface area contributed by atoms with E-state index >= 15 is 0 Å². The highest BCUT2D eigenvalue weighted by Crippen LogP contribution is 2.19. The van der Waals surface area contributed by atoms with Crippen LogP contribution in [0.5, 0.6) is 0 Å². The molecule has 1 aliphatic heterocycles. The first-order valence-electron chi connectivity index (χ1n) is 7.26. The lowest BCUT2D eigenvalue weighted by molar-refractivity contribution is 0.234. The molecule has 0 aliphatic carbocycles. The fourth-order valence-corrected chi connectivity index (χ4v) is 2.53. The van der Waals surface area contributed by atoms with Gasteiger partial charge < -0.3 is 15.1 Å². The Morgan fingerprint density at radius 3 is 2.79 bits per heavy atom. The Bertz CT molecular complexity index is 390. The van der Waals surface area contributed by atoms with Crippen molar-refractivity contribution in [1.29, 1.82) is 0 Å². The monoisotopic (exact) mass is 262 g/mol. The third-order valence-electron chi connectivity index (χ3n) is 4.05. The number of pyridine rings is 1. The fourth-order valence-electron chi connectivity index (χ4n) is 2.53. The molecule has 0 aromatic carbocycles. The second-order valence-corrected chi connectivity index (χ2v) is 5.50. The maximum Gasteiger partial charge on any atom is 0.0572 e. The van der Waals surface area contributed by atoms with Gasteiger partial charge in [-0.25, -0.2) is 0 Å². The lowest BCUT2D eigenvalue weighted by Crippen LogP contribution is -2.50. The van der Waals surface area contributed by atoms with Gasteiger partial charge in [-0.1, -0.05) is 6.92 Å². The number of anilines is 1. The van der Waals surface area contributed by atoms with Crippen molar-refractivity contribution in [1.82, 2.24) is 15.2 Å². The quantitative estimate of drug-likeness (QED) is 0.898. The van der Waals surface area contributed by atoms with Crippen LogP contribution in [0.2, 0.25) is 0 Å². The van der Waals surface area contributed by atoms with Gasteiger partial charge in [-0.15, -0.1) is 0 Å². The maximum atomic E-state index is 4.60. The zero-order valence-corrected chi connectivity index (χ0v) is 12.6. The number of rotatable bonds is 4. The van der Waals surface area contributed by atoms with Crippen molar-refractivity contribution in [3.63, 3.8) is 0 Å². The summed E-state index contributed by atoms with van der Waals surface area (Å²) in [6.07, 6.45) is 2.02. The summed E-state index contributed by atoms with van der Waals surface area (Å²) in [7, 11) is 2.20. The third kappa shape index (κ3) is 3.45. The molecule has 106 valence electrons. The predicted molar refractivity (Wildman–Crippen MR) is 80.6 cm³/mol. The summed E-state index contributed by atoms with van der Waals surface area (Å²) < 4.78 is 0. The molecule has 2 atom stereocenters. The van der Waals surface area contributed by atoms with Crippen LogP contribution in [-0.4, -0.2) is 49.2 Å². The van der Waals surface area contributed by atoms with Crippen LogP contribution < -0.4 is 10.2 Å². The zero-order valence-electron chi connectivity index (χ0n) is 12.6. The summed E-state index contributed by atoms with van der Waals surface area (Å²) in [5, 5.41) is 3.39. The Morgan fingerprint density at radius 2 is 2.21 bits per heavy atom. The van der Waals surface area contributed by atoms with Gasteiger partial charge in [0.2, 0.25) is 0 Å². The van der Waals surface area contributed by atoms with Crippen molar-refractivity contribution in [2.24, 2.45) is 0 Å². The van der Waals surface area contributed by atoms with E-state index in [0.29, 0.717) is 12.1 Å². The van der Waals surface area contributed by atoms with Crippen LogP contribution in [0.4, 0.5) is 5.69 Å². The molecule has 2 rings (SSSR count). The third-order valence-corrected chi connectivity index (χ3v) is 4.05. The van der Waals surface area contributed by atoms with E-state index in [1.165, 1.54) is 5.69 Å². The Labute approximate surface area is 116 Å². The molecule has 0 spiro atoms. The Hall–Kier alpha value is -1.13. The number of nitrogens with one attached hydrogen (secondary N) is 1. The molecular formula is C15H26N4. The summed E-state index contributed by atoms with van der Waals surface area (Å²) in [6, 6.07) is 5.28. The van der Waals surface area contributed by atoms with Crippen molar-refractivity contribution >= 4 is 5.69 Å². The van der Waals surface area contributed by atoms with Gasteiger partial charge in [0.15, 0.2) is 0 Å². The Kier molecular flexibility index (Phi) is 4.77. The first-order valence-corrected chi connectivity index (χ1v) is 7.26. The molecule has 1 N–H and O–H groups in total. The minimum Gasteiger partial charge on any atom is -0.367 e. The number of aromatic nitrogens is 1. The minimum absolute atomic E-state index is 0.325. The molecular weight excluding hydrogens is 236 g/mol. The van der Waals surface area contributed by atoms with Crippen LogP contribution in [0.1, 0.15) is 32.5 Å². The minimum atomic E-state index is 0.325. The number of nitrogens with zero attached hydrogens (tertiary/aromatic N) is 3. The predicted octanol–water partition coefficient (Wildman–Crippen LogP) is 1.89. The summed E-state index contributed by atoms with van der Waals surface area (Å²) in [5.41, 5.74) is 2.36. The van der Waals surface area contributed by atoms with E-state index in [9.17, 15) is 0 Å². The fraction of sp³-hybridized carbons (Fsp3) is 0.667. The lowest BCUT2D eigenvalue weighted by atomic mass is 10.1. The number of hydrogen-bond donors (Lipinski definition) is 1. The maximum absolute atomic E-state index is 4.60. The number of likely N-dealkylation sites (N-methyl/N-ethyl adjacent to an activating group) is 1. The van der Waals surface area contributed by atoms with Gasteiger partial charge in [0.1, 0.15) is 0 Å². The van der Waals surface area contributed by atoms with E-state index < -0.39 is 0 Å². The Balaban J connectivity index is 2.02. The average Bonchev–Trinajstić information content (AvgIpc) is 2.42. The summed E-state index contributed by atoms with van der Waals surface area (Å²) in [5.74, 6) is 0. The van der Waals surface area contributed by atoms with Crippen LogP contribution in [-0.2, 0) is 0 Å². The van der Waals surface area contributed by atoms with Crippen molar-refractivity contribution < 1.29 is 0 Å². The topological polar surface area (TPSA) is 31.4 Å². The van der Waals surface area contributed by atoms with Gasteiger partial charge in [-0.2, -0.15) is 0 Å². The molecule has 1 aromatic heterocycles. The lowest BCUT2D eigenvalue weighted by Gasteiger charge is -2.38. The number of hydrogen-bond acceptors (Lipinski definition) is 4. The smallest absolute Gasteiger partial charge is 0.0572 e. The molecule has 2 heterocycles. The first kappa shape index (κ1) is 14.3. The molecule has 0 amide bonds. The normalized spacial score (nSPS) is 22.5. The number of piperazine rings is 1. The molecule has 1 fully saturated rings. The van der Waals surface area contributed by atoms with Gasteiger partial charge in [0.05, 0.1) is 17.6 Å². The van der Waals surface area contributed by atoms with E-state index in [2.05, 4.69) is 60.1 Å². The van der Waals surface area contributed by atoms with E-state index in [1.54, 1.807) is 0 Å². The van der Waals surface area contributed by atoms with E-state index in [-0.39, 0.29) is 0 Å². The van der Waals surface area contributed by atoms with E-state index in [0.717, 1.165) is 31.9 Å². The van der Waals surface area contributed by atoms with Crippen molar-refractivity contribution in [3.05, 3.63) is 24.0 Å². The average molecular weight is 262 g/mol. The Morgan fingerprint density at radius 1 is 1.42 bits per heavy atom. The van der Waals surface area contributed by atoms with Crippen LogP contribution >= 0.6 is 0 Å². The zero-order chi connectivity index (χ0) is 13.8. The van der Waals surface area contributed by atoms with Crippen LogP contribution in [0, 0.1) is 0 Å². The summed E-state index contributed by atoms with van der Waals surface area (Å²) >= 11 is 0. The molecule has 19 heavy (non-hydrogen) atoms. The molecule has 0 radical (unpaired) electrons. The van der Waals surface area contributed by atoms with Crippen molar-refractivity contribution in [3.8, 4) is 0 Å². The van der Waals surface area contributed by atoms with Gasteiger partial charge in [0, 0.05) is 31.7 Å². The molecule has 4 heteroatoms.